The maximum Gasteiger partial charge on any atom is 0.304 e. The van der Waals surface area contributed by atoms with E-state index in [2.05, 4.69) is 42.2 Å². The van der Waals surface area contributed by atoms with Crippen molar-refractivity contribution >= 4 is 104 Å². The van der Waals surface area contributed by atoms with Crippen molar-refractivity contribution < 1.29 is 106 Å². The van der Waals surface area contributed by atoms with Gasteiger partial charge in [0.05, 0.1) is 133 Å². The van der Waals surface area contributed by atoms with Crippen molar-refractivity contribution in [3.8, 4) is 5.75 Å². The first-order chi connectivity index (χ1) is 46.3. The van der Waals surface area contributed by atoms with Crippen molar-refractivity contribution in [2.24, 2.45) is 35.3 Å². The molecule has 1 aromatic carbocycles. The molecule has 0 radical (unpaired) electrons. The molecule has 3 aliphatic rings. The van der Waals surface area contributed by atoms with Gasteiger partial charge in [-0.25, -0.2) is 0 Å². The number of methoxy groups -OCH3 is 1. The zero-order valence-electron chi connectivity index (χ0n) is 55.6. The van der Waals surface area contributed by atoms with Crippen molar-refractivity contribution in [1.82, 2.24) is 47.1 Å². The Labute approximate surface area is 569 Å². The lowest BCUT2D eigenvalue weighted by Gasteiger charge is -2.32. The molecule has 97 heavy (non-hydrogen) atoms. The Hall–Kier alpha value is -7.18. The molecule has 2 unspecified atom stereocenters. The van der Waals surface area contributed by atoms with Crippen LogP contribution in [0, 0.1) is 29.6 Å². The van der Waals surface area contributed by atoms with Gasteiger partial charge in [0.2, 0.25) is 53.2 Å². The Morgan fingerprint density at radius 3 is 2.13 bits per heavy atom. The first kappa shape index (κ1) is 80.5. The lowest BCUT2D eigenvalue weighted by Crippen LogP contribution is -2.60. The second-order valence-corrected chi connectivity index (χ2v) is 26.8. The van der Waals surface area contributed by atoms with Crippen molar-refractivity contribution in [3.63, 3.8) is 0 Å². The number of nitrogens with zero attached hydrogens (tertiary/aromatic N) is 1. The minimum absolute atomic E-state index is 0.0931. The van der Waals surface area contributed by atoms with Crippen molar-refractivity contribution in [3.05, 3.63) is 23.3 Å². The van der Waals surface area contributed by atoms with Crippen LogP contribution in [0.2, 0.25) is 0 Å². The molecule has 2 bridgehead atoms. The SMILES string of the molecule is CC[C@H](C)[C@@H]1CC(=O)CNC(=O)[C@H]2CC(=O)[C@H]([C@@H](C)[C@@H](O)CO)NC(=O)[C@@H]3C[C@@H](O)CN3C(=O)[C@H](CC(N)=O)NC(=O)[C@H](CS(=O)c3[nH]c4c(CSCCCCNC(=O)CCOCCOCCOCCOCCNC(=O)C(C)CC(=O)O)c(OC)ccc4c3C2)NC(=O)CNC1=O. The molecule has 1 aromatic heterocycles. The molecule has 5 rings (SSSR count). The first-order valence-corrected chi connectivity index (χ1v) is 35.0. The average molecular weight is 1410 g/mol. The highest BCUT2D eigenvalue weighted by Crippen LogP contribution is 2.37. The number of benzene rings is 1. The van der Waals surface area contributed by atoms with Gasteiger partial charge < -0.3 is 96.9 Å². The summed E-state index contributed by atoms with van der Waals surface area (Å²) in [5.74, 6) is -14.4. The van der Waals surface area contributed by atoms with Crippen LogP contribution in [0.15, 0.2) is 17.2 Å². The number of aromatic amines is 1. The molecule has 14 N–H and O–H groups in total. The van der Waals surface area contributed by atoms with E-state index in [0.29, 0.717) is 80.2 Å². The van der Waals surface area contributed by atoms with Crippen LogP contribution in [-0.2, 0) is 99.5 Å². The molecule has 2 aromatic rings. The maximum absolute atomic E-state index is 15.4. The highest BCUT2D eigenvalue weighted by molar-refractivity contribution is 7.98. The number of thioether (sulfide) groups is 1. The number of Topliss-reactive ketones (excluding diaryl/α,β-unsaturated/α-hetero) is 2. The van der Waals surface area contributed by atoms with Gasteiger partial charge in [0, 0.05) is 85.7 Å². The fraction of sp³-hybridized carbons (Fsp3) is 0.683. The zero-order valence-corrected chi connectivity index (χ0v) is 57.2. The zero-order chi connectivity index (χ0) is 71.3. The molecule has 9 amide bonds. The molecule has 32 nitrogen and oxygen atoms in total. The number of aromatic nitrogens is 1. The van der Waals surface area contributed by atoms with E-state index >= 15 is 9.00 Å². The number of carboxylic acid groups (broad SMARTS) is 1. The third-order valence-corrected chi connectivity index (χ3v) is 19.5. The number of carbonyl (C=O) groups is 12. The number of carbonyl (C=O) groups excluding carboxylic acids is 11. The average Bonchev–Trinajstić information content (AvgIpc) is 1.61. The molecule has 3 aliphatic heterocycles. The lowest BCUT2D eigenvalue weighted by molar-refractivity contribution is -0.144. The number of ketones is 2. The van der Waals surface area contributed by atoms with E-state index in [4.69, 9.17) is 34.5 Å². The third kappa shape index (κ3) is 25.6. The van der Waals surface area contributed by atoms with E-state index in [0.717, 1.165) is 4.90 Å². The van der Waals surface area contributed by atoms with Gasteiger partial charge in [-0.3, -0.25) is 61.7 Å². The van der Waals surface area contributed by atoms with Crippen LogP contribution in [0.25, 0.3) is 10.9 Å². The highest BCUT2D eigenvalue weighted by Gasteiger charge is 2.45. The highest BCUT2D eigenvalue weighted by atomic mass is 32.2. The van der Waals surface area contributed by atoms with E-state index in [9.17, 15) is 68.1 Å². The summed E-state index contributed by atoms with van der Waals surface area (Å²) >= 11 is 1.50. The number of unbranched alkanes of at least 4 members (excludes halogenated alkanes) is 1. The number of nitrogens with one attached hydrogen (secondary N) is 8. The second-order valence-electron chi connectivity index (χ2n) is 24.3. The minimum Gasteiger partial charge on any atom is -0.496 e. The van der Waals surface area contributed by atoms with Crippen LogP contribution in [0.1, 0.15) is 96.6 Å². The molecule has 542 valence electrons. The molecule has 0 aliphatic carbocycles. The fourth-order valence-corrected chi connectivity index (χ4v) is 13.7. The third-order valence-electron chi connectivity index (χ3n) is 17.0. The lowest BCUT2D eigenvalue weighted by atomic mass is 9.85. The van der Waals surface area contributed by atoms with Crippen LogP contribution < -0.4 is 47.7 Å². The predicted molar refractivity (Wildman–Crippen MR) is 350 cm³/mol. The van der Waals surface area contributed by atoms with E-state index in [1.54, 1.807) is 26.0 Å². The predicted octanol–water partition coefficient (Wildman–Crippen LogP) is -2.62. The topological polar surface area (TPSA) is 478 Å². The summed E-state index contributed by atoms with van der Waals surface area (Å²) < 4.78 is 43.1. The Kier molecular flexibility index (Phi) is 34.3. The van der Waals surface area contributed by atoms with E-state index in [-0.39, 0.29) is 74.0 Å². The smallest absolute Gasteiger partial charge is 0.304 e. The number of hydrogen-bond donors (Lipinski definition) is 13. The number of fused-ring (bicyclic) bond motifs is 5. The van der Waals surface area contributed by atoms with Gasteiger partial charge in [-0.2, -0.15) is 11.8 Å². The summed E-state index contributed by atoms with van der Waals surface area (Å²) in [4.78, 5) is 167. The van der Waals surface area contributed by atoms with Crippen molar-refractivity contribution in [2.75, 3.05) is 111 Å². The second kappa shape index (κ2) is 41.3. The number of ether oxygens (including phenoxy) is 5. The summed E-state index contributed by atoms with van der Waals surface area (Å²) in [5, 5.41) is 59.3. The van der Waals surface area contributed by atoms with Gasteiger partial charge in [0.15, 0.2) is 11.6 Å². The Bertz CT molecular complexity index is 3080. The molecule has 4 heterocycles. The number of H-pyrrole nitrogens is 1. The summed E-state index contributed by atoms with van der Waals surface area (Å²) in [6, 6.07) is -3.69. The van der Waals surface area contributed by atoms with E-state index < -0.39 is 200 Å². The maximum atomic E-state index is 15.4. The summed E-state index contributed by atoms with van der Waals surface area (Å²) in [5.41, 5.74) is 6.72. The van der Waals surface area contributed by atoms with Crippen LogP contribution >= 0.6 is 11.8 Å². The van der Waals surface area contributed by atoms with E-state index in [1.165, 1.54) is 32.7 Å². The molecule has 0 saturated carbocycles. The largest absolute Gasteiger partial charge is 0.496 e. The van der Waals surface area contributed by atoms with Gasteiger partial charge in [-0.1, -0.05) is 34.1 Å². The number of nitrogens with two attached hydrogens (primary N) is 1. The Morgan fingerprint density at radius 1 is 0.814 bits per heavy atom. The number of aliphatic hydroxyl groups excluding tert-OH is 3. The van der Waals surface area contributed by atoms with Gasteiger partial charge in [0.25, 0.3) is 0 Å². The normalized spacial score (nSPS) is 23.2. The number of carboxylic acids is 1. The number of aliphatic carboxylic acids is 1. The minimum atomic E-state index is -2.42. The monoisotopic (exact) mass is 1410 g/mol. The van der Waals surface area contributed by atoms with Gasteiger partial charge in [-0.05, 0) is 48.6 Å². The summed E-state index contributed by atoms with van der Waals surface area (Å²) in [7, 11) is -0.975. The Morgan fingerprint density at radius 2 is 1.48 bits per heavy atom. The molecule has 12 atom stereocenters. The molecule has 34 heteroatoms. The van der Waals surface area contributed by atoms with Crippen molar-refractivity contribution in [1.29, 1.82) is 0 Å². The molecular weight excluding hydrogens is 1310 g/mol. The summed E-state index contributed by atoms with van der Waals surface area (Å²) in [6.07, 6.45) is -4.28. The standard InChI is InChI=1S/C63H96N10O22S2/c1-6-35(2)42-26-39(75)29-67-58(85)38-24-43-41-9-10-50(91-5)44(33-96-22-8-7-12-65-52(80)11-14-92-16-18-94-20-21-95-19-17-93-15-13-66-57(84)36(3)23-54(82)83)56(41)72-62(43)97(90)34-46(69-53(81)30-68-59(42)86)60(87)70-45(28-51(64)79)63(89)73-31-40(76)27-47(73)61(88)71-55(48(77)25-38)37(4)49(78)32-74/h9-10,35-38,40,42,45-47,49,55,72,74,76,78H,6-8,11-34H2,1-5H3,(H2,64,79)(H,65,80)(H,66,84)(H,67,85)(H,68,86)(H,69,81)(H,70,87)(H,71,88)(H,82,83)/t35-,36?,37-,38+,40+,42-,45-,46-,47-,49-,55-,97?/m0/s1. The van der Waals surface area contributed by atoms with Gasteiger partial charge >= 0.3 is 5.97 Å². The number of hydrogen-bond acceptors (Lipinski definition) is 22. The number of amides is 9. The first-order valence-electron chi connectivity index (χ1n) is 32.6. The summed E-state index contributed by atoms with van der Waals surface area (Å²) in [6.45, 7) is 6.41. The molecule has 1 saturated heterocycles. The van der Waals surface area contributed by atoms with Crippen LogP contribution in [0.5, 0.6) is 5.75 Å². The van der Waals surface area contributed by atoms with Gasteiger partial charge in [-0.15, -0.1) is 0 Å². The van der Waals surface area contributed by atoms with E-state index in [1.807, 2.05) is 0 Å². The van der Waals surface area contributed by atoms with Gasteiger partial charge in [0.1, 0.15) is 28.9 Å². The molecule has 1 fully saturated rings. The Balaban J connectivity index is 1.35. The quantitative estimate of drug-likeness (QED) is 0.0325. The van der Waals surface area contributed by atoms with Crippen LogP contribution in [-0.4, -0.2) is 252 Å². The number of aliphatic hydroxyl groups is 3. The van der Waals surface area contributed by atoms with Crippen molar-refractivity contribution in [2.45, 2.75) is 139 Å². The number of rotatable bonds is 33. The van der Waals surface area contributed by atoms with Crippen LogP contribution in [0.3, 0.4) is 0 Å². The molecular formula is C63H96N10O22S2. The number of primary amides is 1. The molecule has 0 spiro atoms. The fourth-order valence-electron chi connectivity index (χ4n) is 11.2. The van der Waals surface area contributed by atoms with Crippen LogP contribution in [0.4, 0.5) is 0 Å².